The summed E-state index contributed by atoms with van der Waals surface area (Å²) in [6.07, 6.45) is 5.15. The summed E-state index contributed by atoms with van der Waals surface area (Å²) in [4.78, 5) is 15.5. The standard InChI is InChI=1S/C25H27F2N3O2/c1-13-7-17(26)8-22(27)20(13)10-28-15(3)21-11-29-12-23-30(18-5-6-19(9-18)32-23)16(4)24(29)14(2)25(21)31/h7-8,11,18-19,23,28H,3-6,9-10,12H2,1-2H3/t18-,19+,23+/m0/s1. The molecule has 32 heavy (non-hydrogen) atoms. The molecule has 0 amide bonds. The quantitative estimate of drug-likeness (QED) is 0.780. The molecule has 5 rings (SSSR count). The monoisotopic (exact) mass is 439 g/mol. The van der Waals surface area contributed by atoms with Crippen LogP contribution in [0.2, 0.25) is 0 Å². The van der Waals surface area contributed by atoms with Gasteiger partial charge in [-0.05, 0) is 44.7 Å². The average molecular weight is 440 g/mol. The van der Waals surface area contributed by atoms with E-state index < -0.39 is 11.6 Å². The van der Waals surface area contributed by atoms with Gasteiger partial charge in [0.05, 0.1) is 29.6 Å². The lowest BCUT2D eigenvalue weighted by molar-refractivity contribution is -0.125. The van der Waals surface area contributed by atoms with Gasteiger partial charge in [-0.2, -0.15) is 0 Å². The minimum absolute atomic E-state index is 0.0896. The van der Waals surface area contributed by atoms with E-state index in [-0.39, 0.29) is 18.2 Å². The van der Waals surface area contributed by atoms with Gasteiger partial charge in [-0.25, -0.2) is 8.78 Å². The smallest absolute Gasteiger partial charge is 0.194 e. The van der Waals surface area contributed by atoms with Crippen LogP contribution in [-0.4, -0.2) is 27.8 Å². The lowest BCUT2D eigenvalue weighted by atomic mass is 10.0. The first-order valence-corrected chi connectivity index (χ1v) is 11.0. The molecule has 2 aromatic rings. The van der Waals surface area contributed by atoms with Crippen molar-refractivity contribution in [2.75, 3.05) is 0 Å². The number of hydrogen-bond donors (Lipinski definition) is 1. The van der Waals surface area contributed by atoms with Crippen LogP contribution in [0.1, 0.15) is 47.2 Å². The van der Waals surface area contributed by atoms with E-state index in [9.17, 15) is 13.6 Å². The third-order valence-corrected chi connectivity index (χ3v) is 7.05. The van der Waals surface area contributed by atoms with Crippen LogP contribution in [0.4, 0.5) is 8.78 Å². The van der Waals surface area contributed by atoms with E-state index in [2.05, 4.69) is 23.4 Å². The van der Waals surface area contributed by atoms with Crippen molar-refractivity contribution in [2.45, 2.75) is 64.6 Å². The van der Waals surface area contributed by atoms with E-state index in [0.29, 0.717) is 46.6 Å². The summed E-state index contributed by atoms with van der Waals surface area (Å²) < 4.78 is 35.9. The van der Waals surface area contributed by atoms with Crippen molar-refractivity contribution in [3.8, 4) is 0 Å². The van der Waals surface area contributed by atoms with Crippen LogP contribution >= 0.6 is 0 Å². The molecule has 1 aromatic carbocycles. The molecule has 5 nitrogen and oxygen atoms in total. The van der Waals surface area contributed by atoms with Gasteiger partial charge in [0.15, 0.2) is 5.43 Å². The number of nitrogens with one attached hydrogen (secondary N) is 1. The highest BCUT2D eigenvalue weighted by Crippen LogP contribution is 2.42. The SMILES string of the molecule is C=C(NCc1c(C)cc(F)cc1F)c1cn2c(c(C)c1=O)C(=C)N1[C@H]3CC[C@H](C3)O[C@@H]1C2. The maximum atomic E-state index is 14.2. The number of aryl methyl sites for hydroxylation is 1. The highest BCUT2D eigenvalue weighted by atomic mass is 19.1. The Kier molecular flexibility index (Phi) is 4.97. The molecular formula is C25H27F2N3O2. The number of ether oxygens (including phenoxy) is 1. The molecule has 1 N–H and O–H groups in total. The number of nitrogens with zero attached hydrogens (tertiary/aromatic N) is 2. The van der Waals surface area contributed by atoms with Gasteiger partial charge in [0, 0.05) is 41.7 Å². The normalized spacial score (nSPS) is 23.7. The largest absolute Gasteiger partial charge is 0.381 e. The Morgan fingerprint density at radius 2 is 2.06 bits per heavy atom. The Hall–Kier alpha value is -2.93. The van der Waals surface area contributed by atoms with Gasteiger partial charge < -0.3 is 19.5 Å². The van der Waals surface area contributed by atoms with Crippen LogP contribution in [0.25, 0.3) is 11.4 Å². The van der Waals surface area contributed by atoms with Crippen molar-refractivity contribution in [2.24, 2.45) is 0 Å². The zero-order valence-corrected chi connectivity index (χ0v) is 18.4. The lowest BCUT2D eigenvalue weighted by Crippen LogP contribution is -2.52. The molecule has 1 saturated heterocycles. The van der Waals surface area contributed by atoms with E-state index in [4.69, 9.17) is 4.74 Å². The number of rotatable bonds is 4. The Morgan fingerprint density at radius 3 is 2.81 bits per heavy atom. The molecule has 1 saturated carbocycles. The number of pyridine rings is 1. The molecule has 1 aliphatic carbocycles. The molecule has 1 aromatic heterocycles. The van der Waals surface area contributed by atoms with Gasteiger partial charge in [-0.3, -0.25) is 4.79 Å². The molecule has 0 spiro atoms. The van der Waals surface area contributed by atoms with Crippen molar-refractivity contribution < 1.29 is 13.5 Å². The van der Waals surface area contributed by atoms with Crippen molar-refractivity contribution in [1.82, 2.24) is 14.8 Å². The summed E-state index contributed by atoms with van der Waals surface area (Å²) in [7, 11) is 0. The lowest BCUT2D eigenvalue weighted by Gasteiger charge is -2.47. The molecule has 2 fully saturated rings. The zero-order valence-electron chi connectivity index (χ0n) is 18.4. The average Bonchev–Trinajstić information content (AvgIpc) is 3.10. The van der Waals surface area contributed by atoms with Crippen LogP contribution in [-0.2, 0) is 17.8 Å². The molecule has 168 valence electrons. The fourth-order valence-electron chi connectivity index (χ4n) is 5.42. The van der Waals surface area contributed by atoms with Crippen molar-refractivity contribution in [3.63, 3.8) is 0 Å². The van der Waals surface area contributed by atoms with Gasteiger partial charge in [0.2, 0.25) is 0 Å². The second-order valence-corrected chi connectivity index (χ2v) is 9.05. The van der Waals surface area contributed by atoms with Crippen LogP contribution in [0, 0.1) is 25.5 Å². The third kappa shape index (κ3) is 3.26. The minimum atomic E-state index is -0.624. The van der Waals surface area contributed by atoms with Crippen molar-refractivity contribution in [1.29, 1.82) is 0 Å². The maximum absolute atomic E-state index is 14.2. The van der Waals surface area contributed by atoms with E-state index in [1.54, 1.807) is 13.1 Å². The highest BCUT2D eigenvalue weighted by Gasteiger charge is 2.44. The molecule has 7 heteroatoms. The first-order chi connectivity index (χ1) is 15.2. The van der Waals surface area contributed by atoms with E-state index in [1.165, 1.54) is 6.07 Å². The number of halogens is 2. The van der Waals surface area contributed by atoms with Gasteiger partial charge in [0.25, 0.3) is 0 Å². The fraction of sp³-hybridized carbons (Fsp3) is 0.400. The van der Waals surface area contributed by atoms with Gasteiger partial charge in [0.1, 0.15) is 17.9 Å². The van der Waals surface area contributed by atoms with Crippen LogP contribution in [0.15, 0.2) is 36.3 Å². The predicted octanol–water partition coefficient (Wildman–Crippen LogP) is 4.07. The molecule has 3 aliphatic rings. The van der Waals surface area contributed by atoms with Crippen LogP contribution < -0.4 is 10.7 Å². The molecule has 2 aliphatic heterocycles. The van der Waals surface area contributed by atoms with Gasteiger partial charge in [-0.1, -0.05) is 13.2 Å². The summed E-state index contributed by atoms with van der Waals surface area (Å²) in [6.45, 7) is 12.5. The molecular weight excluding hydrogens is 412 g/mol. The van der Waals surface area contributed by atoms with Gasteiger partial charge in [-0.15, -0.1) is 0 Å². The number of benzene rings is 1. The Balaban J connectivity index is 1.44. The first kappa shape index (κ1) is 20.9. The Labute approximate surface area is 186 Å². The first-order valence-electron chi connectivity index (χ1n) is 11.0. The molecule has 0 unspecified atom stereocenters. The molecule has 3 atom stereocenters. The van der Waals surface area contributed by atoms with Crippen molar-refractivity contribution >= 4 is 11.4 Å². The number of fused-ring (bicyclic) bond motifs is 5. The predicted molar refractivity (Wildman–Crippen MR) is 120 cm³/mol. The van der Waals surface area contributed by atoms with Crippen molar-refractivity contribution in [3.05, 3.63) is 81.3 Å². The molecule has 2 bridgehead atoms. The summed E-state index contributed by atoms with van der Waals surface area (Å²) >= 11 is 0. The van der Waals surface area contributed by atoms with Gasteiger partial charge >= 0.3 is 0 Å². The maximum Gasteiger partial charge on any atom is 0.194 e. The Bertz CT molecular complexity index is 1180. The second-order valence-electron chi connectivity index (χ2n) is 9.05. The summed E-state index contributed by atoms with van der Waals surface area (Å²) in [5, 5.41) is 3.05. The third-order valence-electron chi connectivity index (χ3n) is 7.05. The Morgan fingerprint density at radius 1 is 1.28 bits per heavy atom. The topological polar surface area (TPSA) is 46.5 Å². The summed E-state index contributed by atoms with van der Waals surface area (Å²) in [5.74, 6) is -1.24. The summed E-state index contributed by atoms with van der Waals surface area (Å²) in [5.41, 5.74) is 3.80. The fourth-order valence-corrected chi connectivity index (χ4v) is 5.42. The van der Waals surface area contributed by atoms with Crippen LogP contribution in [0.3, 0.4) is 0 Å². The second kappa shape index (κ2) is 7.59. The highest BCUT2D eigenvalue weighted by molar-refractivity contribution is 5.68. The zero-order chi connectivity index (χ0) is 22.7. The minimum Gasteiger partial charge on any atom is -0.381 e. The number of hydrogen-bond acceptors (Lipinski definition) is 4. The van der Waals surface area contributed by atoms with E-state index in [0.717, 1.165) is 36.7 Å². The van der Waals surface area contributed by atoms with Crippen LogP contribution in [0.5, 0.6) is 0 Å². The molecule has 0 radical (unpaired) electrons. The number of aromatic nitrogens is 1. The molecule has 3 heterocycles. The van der Waals surface area contributed by atoms with E-state index >= 15 is 0 Å². The van der Waals surface area contributed by atoms with E-state index in [1.807, 2.05) is 11.5 Å². The summed E-state index contributed by atoms with van der Waals surface area (Å²) in [6, 6.07) is 2.56.